The smallest absolute Gasteiger partial charge is 0.323 e. The van der Waals surface area contributed by atoms with Crippen molar-refractivity contribution >= 4 is 28.6 Å². The van der Waals surface area contributed by atoms with Gasteiger partial charge < -0.3 is 10.5 Å². The minimum Gasteiger partial charge on any atom is -0.468 e. The highest BCUT2D eigenvalue weighted by Crippen LogP contribution is 2.23. The van der Waals surface area contributed by atoms with E-state index < -0.39 is 12.0 Å². The van der Waals surface area contributed by atoms with Gasteiger partial charge in [-0.25, -0.2) is 4.39 Å². The number of methoxy groups -OCH3 is 1. The van der Waals surface area contributed by atoms with Gasteiger partial charge in [0.05, 0.1) is 12.6 Å². The molecule has 1 aromatic heterocycles. The molecule has 0 radical (unpaired) electrons. The zero-order chi connectivity index (χ0) is 14.5. The number of carbonyl (C=O) groups excluding carboxylic acids is 1. The normalized spacial score (nSPS) is 12.3. The monoisotopic (exact) mass is 294 g/mol. The molecule has 2 aromatic rings. The van der Waals surface area contributed by atoms with E-state index in [9.17, 15) is 9.18 Å². The molecule has 0 saturated heterocycles. The van der Waals surface area contributed by atoms with Gasteiger partial charge in [0, 0.05) is 23.1 Å². The third-order valence-corrected chi connectivity index (χ3v) is 3.97. The second kappa shape index (κ2) is 6.67. The van der Waals surface area contributed by atoms with Gasteiger partial charge in [0.2, 0.25) is 0 Å². The maximum absolute atomic E-state index is 13.6. The Morgan fingerprint density at radius 3 is 3.05 bits per heavy atom. The SMILES string of the molecule is COC(=O)C(N)CSCc1ccc(F)c2cccnc12. The average Bonchev–Trinajstić information content (AvgIpc) is 2.49. The van der Waals surface area contributed by atoms with Crippen molar-refractivity contribution in [2.24, 2.45) is 5.73 Å². The highest BCUT2D eigenvalue weighted by atomic mass is 32.2. The molecule has 4 nitrogen and oxygen atoms in total. The molecule has 0 aliphatic carbocycles. The second-order valence-corrected chi connectivity index (χ2v) is 5.28. The van der Waals surface area contributed by atoms with Crippen molar-refractivity contribution in [3.8, 4) is 0 Å². The maximum Gasteiger partial charge on any atom is 0.323 e. The molecule has 1 atom stereocenters. The third-order valence-electron chi connectivity index (χ3n) is 2.86. The Kier molecular flexibility index (Phi) is 4.92. The van der Waals surface area contributed by atoms with Crippen LogP contribution in [0.3, 0.4) is 0 Å². The lowest BCUT2D eigenvalue weighted by molar-refractivity contribution is -0.141. The molecular formula is C14H15FN2O2S. The molecule has 0 amide bonds. The molecule has 20 heavy (non-hydrogen) atoms. The number of nitrogens with zero attached hydrogens (tertiary/aromatic N) is 1. The van der Waals surface area contributed by atoms with E-state index in [1.807, 2.05) is 0 Å². The summed E-state index contributed by atoms with van der Waals surface area (Å²) in [4.78, 5) is 15.4. The standard InChI is InChI=1S/C14H15FN2O2S/c1-19-14(18)12(16)8-20-7-9-4-5-11(15)10-3-2-6-17-13(9)10/h2-6,12H,7-8,16H2,1H3. The first kappa shape index (κ1) is 14.7. The number of esters is 1. The predicted molar refractivity (Wildman–Crippen MR) is 77.9 cm³/mol. The first-order chi connectivity index (χ1) is 9.63. The molecular weight excluding hydrogens is 279 g/mol. The molecule has 2 rings (SSSR count). The molecule has 0 spiro atoms. The number of carbonyl (C=O) groups is 1. The zero-order valence-corrected chi connectivity index (χ0v) is 11.8. The van der Waals surface area contributed by atoms with E-state index in [4.69, 9.17) is 5.73 Å². The van der Waals surface area contributed by atoms with Crippen molar-refractivity contribution in [3.05, 3.63) is 41.8 Å². The number of fused-ring (bicyclic) bond motifs is 1. The lowest BCUT2D eigenvalue weighted by Gasteiger charge is -2.10. The van der Waals surface area contributed by atoms with Crippen molar-refractivity contribution < 1.29 is 13.9 Å². The highest BCUT2D eigenvalue weighted by Gasteiger charge is 2.14. The van der Waals surface area contributed by atoms with E-state index in [0.29, 0.717) is 22.4 Å². The lowest BCUT2D eigenvalue weighted by atomic mass is 10.1. The molecule has 2 N–H and O–H groups in total. The van der Waals surface area contributed by atoms with E-state index in [2.05, 4.69) is 9.72 Å². The number of pyridine rings is 1. The Morgan fingerprint density at radius 1 is 1.50 bits per heavy atom. The van der Waals surface area contributed by atoms with Crippen molar-refractivity contribution in [1.82, 2.24) is 4.98 Å². The summed E-state index contributed by atoms with van der Waals surface area (Å²) in [6.07, 6.45) is 1.64. The molecule has 0 bridgehead atoms. The molecule has 1 aromatic carbocycles. The highest BCUT2D eigenvalue weighted by molar-refractivity contribution is 7.98. The number of thioether (sulfide) groups is 1. The van der Waals surface area contributed by atoms with Crippen LogP contribution in [-0.4, -0.2) is 29.9 Å². The molecule has 106 valence electrons. The molecule has 0 fully saturated rings. The van der Waals surface area contributed by atoms with Gasteiger partial charge in [0.25, 0.3) is 0 Å². The largest absolute Gasteiger partial charge is 0.468 e. The van der Waals surface area contributed by atoms with Crippen molar-refractivity contribution in [1.29, 1.82) is 0 Å². The van der Waals surface area contributed by atoms with Crippen molar-refractivity contribution in [3.63, 3.8) is 0 Å². The fourth-order valence-corrected chi connectivity index (χ4v) is 2.79. The van der Waals surface area contributed by atoms with Gasteiger partial charge in [0.1, 0.15) is 11.9 Å². The second-order valence-electron chi connectivity index (χ2n) is 4.25. The van der Waals surface area contributed by atoms with Crippen LogP contribution >= 0.6 is 11.8 Å². The predicted octanol–water partition coefficient (Wildman–Crippen LogP) is 2.11. The van der Waals surface area contributed by atoms with Crippen LogP contribution in [0, 0.1) is 5.82 Å². The van der Waals surface area contributed by atoms with Gasteiger partial charge in [-0.15, -0.1) is 0 Å². The molecule has 1 unspecified atom stereocenters. The van der Waals surface area contributed by atoms with Gasteiger partial charge >= 0.3 is 5.97 Å². The topological polar surface area (TPSA) is 65.2 Å². The Labute approximate surface area is 120 Å². The number of benzene rings is 1. The minimum absolute atomic E-state index is 0.284. The van der Waals surface area contributed by atoms with Crippen LogP contribution in [-0.2, 0) is 15.3 Å². The van der Waals surface area contributed by atoms with Crippen LogP contribution in [0.25, 0.3) is 10.9 Å². The van der Waals surface area contributed by atoms with Crippen LogP contribution in [0.4, 0.5) is 4.39 Å². The third kappa shape index (κ3) is 3.26. The fourth-order valence-electron chi connectivity index (χ4n) is 1.83. The Morgan fingerprint density at radius 2 is 2.30 bits per heavy atom. The number of ether oxygens (including phenoxy) is 1. The summed E-state index contributed by atoms with van der Waals surface area (Å²) in [5.41, 5.74) is 7.22. The van der Waals surface area contributed by atoms with E-state index in [1.54, 1.807) is 24.4 Å². The summed E-state index contributed by atoms with van der Waals surface area (Å²) in [6.45, 7) is 0. The van der Waals surface area contributed by atoms with E-state index >= 15 is 0 Å². The van der Waals surface area contributed by atoms with Crippen molar-refractivity contribution in [2.75, 3.05) is 12.9 Å². The first-order valence-electron chi connectivity index (χ1n) is 6.06. The number of aromatic nitrogens is 1. The summed E-state index contributed by atoms with van der Waals surface area (Å²) in [5.74, 6) is 0.337. The van der Waals surface area contributed by atoms with E-state index in [1.165, 1.54) is 24.9 Å². The minimum atomic E-state index is -0.648. The lowest BCUT2D eigenvalue weighted by Crippen LogP contribution is -2.33. The van der Waals surface area contributed by atoms with Crippen LogP contribution in [0.1, 0.15) is 5.56 Å². The first-order valence-corrected chi connectivity index (χ1v) is 7.22. The molecule has 0 aliphatic heterocycles. The zero-order valence-electron chi connectivity index (χ0n) is 11.0. The van der Waals surface area contributed by atoms with Crippen molar-refractivity contribution in [2.45, 2.75) is 11.8 Å². The molecule has 6 heteroatoms. The number of hydrogen-bond acceptors (Lipinski definition) is 5. The molecule has 1 heterocycles. The van der Waals surface area contributed by atoms with Crippen LogP contribution < -0.4 is 5.73 Å². The average molecular weight is 294 g/mol. The molecule has 0 aliphatic rings. The van der Waals surface area contributed by atoms with E-state index in [0.717, 1.165) is 5.56 Å². The number of rotatable bonds is 5. The van der Waals surface area contributed by atoms with Gasteiger partial charge in [-0.1, -0.05) is 6.07 Å². The number of hydrogen-bond donors (Lipinski definition) is 1. The Balaban J connectivity index is 2.07. The van der Waals surface area contributed by atoms with E-state index in [-0.39, 0.29) is 5.82 Å². The van der Waals surface area contributed by atoms with Gasteiger partial charge in [-0.3, -0.25) is 9.78 Å². The van der Waals surface area contributed by atoms with Gasteiger partial charge in [-0.2, -0.15) is 11.8 Å². The summed E-state index contributed by atoms with van der Waals surface area (Å²) >= 11 is 1.49. The number of nitrogens with two attached hydrogens (primary N) is 1. The Hall–Kier alpha value is -1.66. The summed E-state index contributed by atoms with van der Waals surface area (Å²) in [6, 6.07) is 5.90. The van der Waals surface area contributed by atoms with Crippen LogP contribution in [0.15, 0.2) is 30.5 Å². The quantitative estimate of drug-likeness (QED) is 0.856. The summed E-state index contributed by atoms with van der Waals surface area (Å²) < 4.78 is 18.2. The molecule has 0 saturated carbocycles. The summed E-state index contributed by atoms with van der Waals surface area (Å²) in [7, 11) is 1.31. The fraction of sp³-hybridized carbons (Fsp3) is 0.286. The summed E-state index contributed by atoms with van der Waals surface area (Å²) in [5, 5.41) is 0.503. The van der Waals surface area contributed by atoms with Crippen LogP contribution in [0.5, 0.6) is 0 Å². The van der Waals surface area contributed by atoms with Gasteiger partial charge in [0.15, 0.2) is 0 Å². The maximum atomic E-state index is 13.6. The number of halogens is 1. The Bertz CT molecular complexity index is 621. The van der Waals surface area contributed by atoms with Crippen LogP contribution in [0.2, 0.25) is 0 Å². The van der Waals surface area contributed by atoms with Gasteiger partial charge in [-0.05, 0) is 23.8 Å².